The SMILES string of the molecule is O=c1ccc2nccc3c2n1C=CO3. The Morgan fingerprint density at radius 2 is 2.21 bits per heavy atom. The van der Waals surface area contributed by atoms with Crippen LogP contribution in [-0.4, -0.2) is 9.55 Å². The summed E-state index contributed by atoms with van der Waals surface area (Å²) in [5.74, 6) is 0.662. The Morgan fingerprint density at radius 1 is 1.29 bits per heavy atom. The van der Waals surface area contributed by atoms with Crippen molar-refractivity contribution in [3.05, 3.63) is 41.0 Å². The molecule has 4 nitrogen and oxygen atoms in total. The Morgan fingerprint density at radius 3 is 3.14 bits per heavy atom. The molecule has 0 fully saturated rings. The van der Waals surface area contributed by atoms with E-state index in [1.807, 2.05) is 0 Å². The molecular weight excluding hydrogens is 180 g/mol. The lowest BCUT2D eigenvalue weighted by Gasteiger charge is -2.12. The quantitative estimate of drug-likeness (QED) is 0.621. The van der Waals surface area contributed by atoms with Crippen molar-refractivity contribution in [3.63, 3.8) is 0 Å². The molecule has 0 aromatic carbocycles. The number of aromatic nitrogens is 2. The summed E-state index contributed by atoms with van der Waals surface area (Å²) in [5, 5.41) is 0. The third-order valence-electron chi connectivity index (χ3n) is 2.18. The Kier molecular flexibility index (Phi) is 1.28. The first-order valence-electron chi connectivity index (χ1n) is 4.20. The van der Waals surface area contributed by atoms with Crippen LogP contribution in [0.25, 0.3) is 17.2 Å². The maximum absolute atomic E-state index is 11.5. The van der Waals surface area contributed by atoms with E-state index in [0.717, 1.165) is 11.0 Å². The summed E-state index contributed by atoms with van der Waals surface area (Å²) in [7, 11) is 0. The molecule has 0 bridgehead atoms. The fraction of sp³-hybridized carbons (Fsp3) is 0. The Hall–Kier alpha value is -2.10. The van der Waals surface area contributed by atoms with Crippen LogP contribution in [0.1, 0.15) is 0 Å². The zero-order valence-corrected chi connectivity index (χ0v) is 7.18. The summed E-state index contributed by atoms with van der Waals surface area (Å²) >= 11 is 0. The highest BCUT2D eigenvalue weighted by Crippen LogP contribution is 2.25. The second kappa shape index (κ2) is 2.45. The molecule has 0 saturated heterocycles. The number of pyridine rings is 2. The van der Waals surface area contributed by atoms with Crippen molar-refractivity contribution in [2.75, 3.05) is 0 Å². The van der Waals surface area contributed by atoms with Crippen molar-refractivity contribution < 1.29 is 4.74 Å². The minimum Gasteiger partial charge on any atom is -0.461 e. The third-order valence-corrected chi connectivity index (χ3v) is 2.18. The van der Waals surface area contributed by atoms with Gasteiger partial charge in [0.1, 0.15) is 11.8 Å². The zero-order chi connectivity index (χ0) is 9.54. The van der Waals surface area contributed by atoms with Crippen LogP contribution in [0.3, 0.4) is 0 Å². The molecule has 0 saturated carbocycles. The molecule has 0 unspecified atom stereocenters. The molecule has 14 heavy (non-hydrogen) atoms. The first kappa shape index (κ1) is 7.32. The molecule has 1 aliphatic heterocycles. The second-order valence-electron chi connectivity index (χ2n) is 2.99. The summed E-state index contributed by atoms with van der Waals surface area (Å²) in [6.07, 6.45) is 4.74. The summed E-state index contributed by atoms with van der Waals surface area (Å²) in [6.45, 7) is 0. The van der Waals surface area contributed by atoms with Crippen LogP contribution >= 0.6 is 0 Å². The highest BCUT2D eigenvalue weighted by molar-refractivity contribution is 5.83. The van der Waals surface area contributed by atoms with Crippen molar-refractivity contribution in [1.29, 1.82) is 0 Å². The van der Waals surface area contributed by atoms with Gasteiger partial charge in [0.15, 0.2) is 5.75 Å². The standard InChI is InChI=1S/C10H6N2O2/c13-9-2-1-7-10-8(3-4-11-7)14-6-5-12(9)10/h1-6H. The molecule has 0 aliphatic carbocycles. The number of ether oxygens (including phenoxy) is 1. The second-order valence-corrected chi connectivity index (χ2v) is 2.99. The minimum absolute atomic E-state index is 0.0775. The van der Waals surface area contributed by atoms with Gasteiger partial charge in [-0.25, -0.2) is 0 Å². The summed E-state index contributed by atoms with van der Waals surface area (Å²) in [5.41, 5.74) is 1.40. The van der Waals surface area contributed by atoms with Gasteiger partial charge in [-0.15, -0.1) is 0 Å². The van der Waals surface area contributed by atoms with Crippen LogP contribution in [-0.2, 0) is 0 Å². The highest BCUT2D eigenvalue weighted by Gasteiger charge is 2.10. The number of hydrogen-bond donors (Lipinski definition) is 0. The molecule has 2 aromatic rings. The average molecular weight is 186 g/mol. The third kappa shape index (κ3) is 0.821. The van der Waals surface area contributed by atoms with Gasteiger partial charge < -0.3 is 4.74 Å². The molecule has 1 aliphatic rings. The van der Waals surface area contributed by atoms with Crippen molar-refractivity contribution in [3.8, 4) is 5.75 Å². The van der Waals surface area contributed by atoms with Crippen LogP contribution in [0.15, 0.2) is 35.5 Å². The van der Waals surface area contributed by atoms with E-state index >= 15 is 0 Å². The Labute approximate surface area is 79.1 Å². The van der Waals surface area contributed by atoms with E-state index in [2.05, 4.69) is 4.98 Å². The topological polar surface area (TPSA) is 44.1 Å². The smallest absolute Gasteiger partial charge is 0.255 e. The molecule has 0 N–H and O–H groups in total. The van der Waals surface area contributed by atoms with Gasteiger partial charge in [-0.05, 0) is 6.07 Å². The molecule has 0 atom stereocenters. The van der Waals surface area contributed by atoms with Crippen LogP contribution in [0.5, 0.6) is 5.75 Å². The van der Waals surface area contributed by atoms with E-state index < -0.39 is 0 Å². The van der Waals surface area contributed by atoms with Crippen molar-refractivity contribution in [2.24, 2.45) is 0 Å². The van der Waals surface area contributed by atoms with Gasteiger partial charge in [0.25, 0.3) is 5.56 Å². The average Bonchev–Trinajstić information content (AvgIpc) is 2.24. The molecule has 4 heteroatoms. The molecule has 2 aromatic heterocycles. The summed E-state index contributed by atoms with van der Waals surface area (Å²) in [4.78, 5) is 15.6. The lowest BCUT2D eigenvalue weighted by Crippen LogP contribution is -2.17. The van der Waals surface area contributed by atoms with Crippen molar-refractivity contribution in [2.45, 2.75) is 0 Å². The number of nitrogens with zero attached hydrogens (tertiary/aromatic N) is 2. The van der Waals surface area contributed by atoms with Crippen LogP contribution < -0.4 is 10.3 Å². The number of rotatable bonds is 0. The maximum atomic E-state index is 11.5. The molecule has 3 rings (SSSR count). The van der Waals surface area contributed by atoms with Gasteiger partial charge in [0.05, 0.1) is 5.52 Å². The van der Waals surface area contributed by atoms with E-state index in [1.54, 1.807) is 24.5 Å². The Bertz CT molecular complexity index is 599. The van der Waals surface area contributed by atoms with Gasteiger partial charge in [0, 0.05) is 24.5 Å². The molecule has 0 spiro atoms. The lowest BCUT2D eigenvalue weighted by molar-refractivity contribution is 0.480. The van der Waals surface area contributed by atoms with E-state index in [9.17, 15) is 4.79 Å². The minimum atomic E-state index is -0.0775. The van der Waals surface area contributed by atoms with Gasteiger partial charge in [-0.3, -0.25) is 14.3 Å². The molecule has 0 radical (unpaired) electrons. The number of hydrogen-bond acceptors (Lipinski definition) is 3. The van der Waals surface area contributed by atoms with E-state index in [4.69, 9.17) is 4.74 Å². The van der Waals surface area contributed by atoms with Crippen LogP contribution in [0, 0.1) is 0 Å². The fourth-order valence-corrected chi connectivity index (χ4v) is 1.56. The van der Waals surface area contributed by atoms with Gasteiger partial charge in [0.2, 0.25) is 0 Å². The monoisotopic (exact) mass is 186 g/mol. The van der Waals surface area contributed by atoms with Gasteiger partial charge in [-0.1, -0.05) is 0 Å². The molecular formula is C10H6N2O2. The fourth-order valence-electron chi connectivity index (χ4n) is 1.56. The van der Waals surface area contributed by atoms with Gasteiger partial charge in [-0.2, -0.15) is 0 Å². The van der Waals surface area contributed by atoms with Crippen LogP contribution in [0.2, 0.25) is 0 Å². The van der Waals surface area contributed by atoms with Gasteiger partial charge >= 0.3 is 0 Å². The Balaban J connectivity index is 2.63. The molecule has 68 valence electrons. The largest absolute Gasteiger partial charge is 0.461 e. The highest BCUT2D eigenvalue weighted by atomic mass is 16.5. The molecule has 3 heterocycles. The molecule has 0 amide bonds. The van der Waals surface area contributed by atoms with Crippen molar-refractivity contribution in [1.82, 2.24) is 9.55 Å². The first-order valence-corrected chi connectivity index (χ1v) is 4.20. The van der Waals surface area contributed by atoms with E-state index in [0.29, 0.717) is 5.75 Å². The normalized spacial score (nSPS) is 12.9. The summed E-state index contributed by atoms with van der Waals surface area (Å²) < 4.78 is 6.80. The van der Waals surface area contributed by atoms with Crippen molar-refractivity contribution >= 4 is 17.2 Å². The van der Waals surface area contributed by atoms with E-state index in [1.165, 1.54) is 16.9 Å². The first-order chi connectivity index (χ1) is 6.86. The summed E-state index contributed by atoms with van der Waals surface area (Å²) in [6, 6.07) is 4.93. The maximum Gasteiger partial charge on any atom is 0.255 e. The van der Waals surface area contributed by atoms with E-state index in [-0.39, 0.29) is 5.56 Å². The predicted octanol–water partition coefficient (Wildman–Crippen LogP) is 1.22. The van der Waals surface area contributed by atoms with Crippen LogP contribution in [0.4, 0.5) is 0 Å². The zero-order valence-electron chi connectivity index (χ0n) is 7.18. The lowest BCUT2D eigenvalue weighted by atomic mass is 10.3. The predicted molar refractivity (Wildman–Crippen MR) is 52.0 cm³/mol.